The van der Waals surface area contributed by atoms with Gasteiger partial charge in [0.2, 0.25) is 5.91 Å². The molecule has 0 bridgehead atoms. The van der Waals surface area contributed by atoms with Crippen LogP contribution in [0.15, 0.2) is 0 Å². The van der Waals surface area contributed by atoms with E-state index in [0.29, 0.717) is 0 Å². The number of rotatable bonds is 6. The molecule has 1 N–H and O–H groups in total. The van der Waals surface area contributed by atoms with E-state index in [2.05, 4.69) is 17.1 Å². The van der Waals surface area contributed by atoms with Gasteiger partial charge in [-0.3, -0.25) is 9.69 Å². The fourth-order valence-corrected chi connectivity index (χ4v) is 1.97. The van der Waals surface area contributed by atoms with Crippen molar-refractivity contribution < 1.29 is 4.79 Å². The standard InChI is InChI=1S/C12H25N3O/c1-3-4-7-15(12(2)16)11-10-14-8-5-13-6-9-14/h13H,3-11H2,1-2H3. The fourth-order valence-electron chi connectivity index (χ4n) is 1.97. The molecule has 0 aromatic rings. The molecule has 4 heteroatoms. The number of nitrogens with zero attached hydrogens (tertiary/aromatic N) is 2. The SMILES string of the molecule is CCCCN(CCN1CCNCC1)C(C)=O. The number of carbonyl (C=O) groups excluding carboxylic acids is 1. The monoisotopic (exact) mass is 227 g/mol. The van der Waals surface area contributed by atoms with Crippen molar-refractivity contribution >= 4 is 5.91 Å². The smallest absolute Gasteiger partial charge is 0.219 e. The molecule has 0 aliphatic carbocycles. The number of piperazine rings is 1. The molecule has 0 spiro atoms. The van der Waals surface area contributed by atoms with Crippen LogP contribution in [-0.2, 0) is 4.79 Å². The molecule has 1 aliphatic rings. The topological polar surface area (TPSA) is 35.6 Å². The van der Waals surface area contributed by atoms with E-state index in [-0.39, 0.29) is 5.91 Å². The lowest BCUT2D eigenvalue weighted by Crippen LogP contribution is -2.47. The molecule has 1 amide bonds. The summed E-state index contributed by atoms with van der Waals surface area (Å²) in [6.07, 6.45) is 2.26. The zero-order valence-electron chi connectivity index (χ0n) is 10.7. The van der Waals surface area contributed by atoms with Crippen molar-refractivity contribution in [1.29, 1.82) is 0 Å². The Morgan fingerprint density at radius 1 is 1.31 bits per heavy atom. The molecule has 94 valence electrons. The van der Waals surface area contributed by atoms with Crippen molar-refractivity contribution in [2.24, 2.45) is 0 Å². The zero-order chi connectivity index (χ0) is 11.8. The third-order valence-electron chi connectivity index (χ3n) is 3.12. The van der Waals surface area contributed by atoms with E-state index in [1.54, 1.807) is 6.92 Å². The predicted molar refractivity (Wildman–Crippen MR) is 66.5 cm³/mol. The highest BCUT2D eigenvalue weighted by molar-refractivity contribution is 5.73. The average molecular weight is 227 g/mol. The van der Waals surface area contributed by atoms with Gasteiger partial charge in [-0.05, 0) is 6.42 Å². The minimum absolute atomic E-state index is 0.212. The summed E-state index contributed by atoms with van der Waals surface area (Å²) in [5.41, 5.74) is 0. The van der Waals surface area contributed by atoms with Crippen LogP contribution < -0.4 is 5.32 Å². The van der Waals surface area contributed by atoms with Crippen LogP contribution in [0, 0.1) is 0 Å². The Balaban J connectivity index is 2.22. The van der Waals surface area contributed by atoms with Gasteiger partial charge < -0.3 is 10.2 Å². The molecule has 1 heterocycles. The molecule has 0 aromatic carbocycles. The van der Waals surface area contributed by atoms with Crippen LogP contribution in [0.5, 0.6) is 0 Å². The Labute approximate surface area is 99.0 Å². The molecule has 0 aromatic heterocycles. The third-order valence-corrected chi connectivity index (χ3v) is 3.12. The van der Waals surface area contributed by atoms with E-state index < -0.39 is 0 Å². The zero-order valence-corrected chi connectivity index (χ0v) is 10.7. The van der Waals surface area contributed by atoms with Crippen molar-refractivity contribution in [3.63, 3.8) is 0 Å². The van der Waals surface area contributed by atoms with Gasteiger partial charge in [-0.25, -0.2) is 0 Å². The van der Waals surface area contributed by atoms with Gasteiger partial charge in [-0.15, -0.1) is 0 Å². The first-order valence-corrected chi connectivity index (χ1v) is 6.42. The Morgan fingerprint density at radius 2 is 2.00 bits per heavy atom. The van der Waals surface area contributed by atoms with Gasteiger partial charge in [-0.1, -0.05) is 13.3 Å². The maximum absolute atomic E-state index is 11.4. The predicted octanol–water partition coefficient (Wildman–Crippen LogP) is 0.540. The largest absolute Gasteiger partial charge is 0.342 e. The van der Waals surface area contributed by atoms with Gasteiger partial charge in [0.05, 0.1) is 0 Å². The Hall–Kier alpha value is -0.610. The van der Waals surface area contributed by atoms with Crippen LogP contribution in [0.1, 0.15) is 26.7 Å². The Kier molecular flexibility index (Phi) is 6.42. The molecule has 1 fully saturated rings. The molecular weight excluding hydrogens is 202 g/mol. The van der Waals surface area contributed by atoms with Crippen molar-refractivity contribution in [2.45, 2.75) is 26.7 Å². The molecule has 1 aliphatic heterocycles. The third kappa shape index (κ3) is 4.94. The first-order valence-electron chi connectivity index (χ1n) is 6.42. The van der Waals surface area contributed by atoms with E-state index in [1.165, 1.54) is 0 Å². The maximum Gasteiger partial charge on any atom is 0.219 e. The van der Waals surface area contributed by atoms with E-state index in [4.69, 9.17) is 0 Å². The highest BCUT2D eigenvalue weighted by atomic mass is 16.2. The van der Waals surface area contributed by atoms with Crippen LogP contribution in [-0.4, -0.2) is 61.5 Å². The average Bonchev–Trinajstić information content (AvgIpc) is 2.30. The van der Waals surface area contributed by atoms with Crippen LogP contribution in [0.2, 0.25) is 0 Å². The van der Waals surface area contributed by atoms with Gasteiger partial charge in [0.15, 0.2) is 0 Å². The summed E-state index contributed by atoms with van der Waals surface area (Å²) in [6.45, 7) is 11.0. The molecule has 1 rings (SSSR count). The second kappa shape index (κ2) is 7.63. The molecule has 0 radical (unpaired) electrons. The summed E-state index contributed by atoms with van der Waals surface area (Å²) < 4.78 is 0. The van der Waals surface area contributed by atoms with Gasteiger partial charge in [-0.2, -0.15) is 0 Å². The molecule has 1 saturated heterocycles. The normalized spacial score (nSPS) is 17.4. The lowest BCUT2D eigenvalue weighted by atomic mass is 10.3. The summed E-state index contributed by atoms with van der Waals surface area (Å²) in [6, 6.07) is 0. The maximum atomic E-state index is 11.4. The van der Waals surface area contributed by atoms with Gasteiger partial charge in [0, 0.05) is 52.7 Å². The number of unbranched alkanes of at least 4 members (excludes halogenated alkanes) is 1. The molecule has 16 heavy (non-hydrogen) atoms. The van der Waals surface area contributed by atoms with E-state index in [0.717, 1.165) is 58.7 Å². The summed E-state index contributed by atoms with van der Waals surface area (Å²) in [7, 11) is 0. The van der Waals surface area contributed by atoms with Crippen LogP contribution in [0.3, 0.4) is 0 Å². The first kappa shape index (κ1) is 13.5. The van der Waals surface area contributed by atoms with Crippen molar-refractivity contribution in [1.82, 2.24) is 15.1 Å². The van der Waals surface area contributed by atoms with Crippen LogP contribution in [0.4, 0.5) is 0 Å². The van der Waals surface area contributed by atoms with E-state index in [9.17, 15) is 4.79 Å². The minimum atomic E-state index is 0.212. The number of carbonyl (C=O) groups is 1. The first-order chi connectivity index (χ1) is 7.74. The number of hydrogen-bond acceptors (Lipinski definition) is 3. The van der Waals surface area contributed by atoms with Crippen LogP contribution >= 0.6 is 0 Å². The number of amides is 1. The Bertz CT molecular complexity index is 202. The molecule has 4 nitrogen and oxygen atoms in total. The fraction of sp³-hybridized carbons (Fsp3) is 0.917. The highest BCUT2D eigenvalue weighted by Gasteiger charge is 2.12. The van der Waals surface area contributed by atoms with E-state index >= 15 is 0 Å². The lowest BCUT2D eigenvalue weighted by molar-refractivity contribution is -0.129. The second-order valence-corrected chi connectivity index (χ2v) is 4.45. The molecule has 0 atom stereocenters. The summed E-state index contributed by atoms with van der Waals surface area (Å²) in [5, 5.41) is 3.34. The highest BCUT2D eigenvalue weighted by Crippen LogP contribution is 1.98. The van der Waals surface area contributed by atoms with Gasteiger partial charge >= 0.3 is 0 Å². The van der Waals surface area contributed by atoms with Crippen molar-refractivity contribution in [2.75, 3.05) is 45.8 Å². The van der Waals surface area contributed by atoms with E-state index in [1.807, 2.05) is 4.90 Å². The Morgan fingerprint density at radius 3 is 2.56 bits per heavy atom. The molecular formula is C12H25N3O. The quantitative estimate of drug-likeness (QED) is 0.719. The van der Waals surface area contributed by atoms with Crippen LogP contribution in [0.25, 0.3) is 0 Å². The van der Waals surface area contributed by atoms with Crippen molar-refractivity contribution in [3.05, 3.63) is 0 Å². The summed E-state index contributed by atoms with van der Waals surface area (Å²) in [5.74, 6) is 0.212. The lowest BCUT2D eigenvalue weighted by Gasteiger charge is -2.30. The number of hydrogen-bond donors (Lipinski definition) is 1. The molecule has 0 unspecified atom stereocenters. The second-order valence-electron chi connectivity index (χ2n) is 4.45. The molecule has 0 saturated carbocycles. The van der Waals surface area contributed by atoms with Gasteiger partial charge in [0.1, 0.15) is 0 Å². The summed E-state index contributed by atoms with van der Waals surface area (Å²) >= 11 is 0. The van der Waals surface area contributed by atoms with Crippen molar-refractivity contribution in [3.8, 4) is 0 Å². The minimum Gasteiger partial charge on any atom is -0.342 e. The summed E-state index contributed by atoms with van der Waals surface area (Å²) in [4.78, 5) is 15.8. The van der Waals surface area contributed by atoms with Gasteiger partial charge in [0.25, 0.3) is 0 Å². The number of nitrogens with one attached hydrogen (secondary N) is 1.